The van der Waals surface area contributed by atoms with Gasteiger partial charge in [-0.3, -0.25) is 0 Å². The normalized spacial score (nSPS) is 13.4. The molecule has 3 heteroatoms. The molecule has 1 atom stereocenters. The maximum Gasteiger partial charge on any atom is 0.334 e. The van der Waals surface area contributed by atoms with Gasteiger partial charge >= 0.3 is 5.97 Å². The number of rotatable bonds is 2. The van der Waals surface area contributed by atoms with E-state index in [4.69, 9.17) is 5.11 Å². The van der Waals surface area contributed by atoms with Crippen LogP contribution in [0.5, 0.6) is 0 Å². The number of hydrogen-bond acceptors (Lipinski definition) is 3. The van der Waals surface area contributed by atoms with Crippen LogP contribution in [0, 0.1) is 5.92 Å². The highest BCUT2D eigenvalue weighted by atomic mass is 16.5. The Kier molecular flexibility index (Phi) is 3.24. The van der Waals surface area contributed by atoms with Crippen molar-refractivity contribution in [3.8, 4) is 0 Å². The average molecular weight is 132 g/mol. The van der Waals surface area contributed by atoms with Gasteiger partial charge in [0.15, 0.2) is 6.10 Å². The quantitative estimate of drug-likeness (QED) is 0.545. The van der Waals surface area contributed by atoms with Crippen molar-refractivity contribution in [1.29, 1.82) is 0 Å². The lowest BCUT2D eigenvalue weighted by Gasteiger charge is -2.10. The number of esters is 1. The number of aliphatic hydroxyl groups excluding tert-OH is 1. The molecule has 0 unspecified atom stereocenters. The lowest BCUT2D eigenvalue weighted by Crippen LogP contribution is -2.26. The number of hydrogen-bond donors (Lipinski definition) is 1. The molecule has 54 valence electrons. The molecule has 0 spiro atoms. The smallest absolute Gasteiger partial charge is 0.334 e. The molecule has 9 heavy (non-hydrogen) atoms. The number of aliphatic hydroxyl groups is 1. The molecule has 0 bridgehead atoms. The lowest BCUT2D eigenvalue weighted by molar-refractivity contribution is -0.152. The second-order valence-corrected chi connectivity index (χ2v) is 2.21. The van der Waals surface area contributed by atoms with Crippen LogP contribution in [0.3, 0.4) is 0 Å². The van der Waals surface area contributed by atoms with Crippen molar-refractivity contribution in [1.82, 2.24) is 0 Å². The number of methoxy groups -OCH3 is 1. The monoisotopic (exact) mass is 132 g/mol. The van der Waals surface area contributed by atoms with Crippen molar-refractivity contribution < 1.29 is 14.6 Å². The first-order chi connectivity index (χ1) is 4.09. The summed E-state index contributed by atoms with van der Waals surface area (Å²) in [4.78, 5) is 10.5. The van der Waals surface area contributed by atoms with Crippen LogP contribution in [-0.2, 0) is 9.53 Å². The van der Waals surface area contributed by atoms with Gasteiger partial charge in [0, 0.05) is 0 Å². The zero-order valence-corrected chi connectivity index (χ0v) is 5.92. The van der Waals surface area contributed by atoms with Crippen molar-refractivity contribution in [2.75, 3.05) is 7.11 Å². The first-order valence-electron chi connectivity index (χ1n) is 2.85. The average Bonchev–Trinajstić information content (AvgIpc) is 1.84. The Morgan fingerprint density at radius 3 is 2.11 bits per heavy atom. The fourth-order valence-corrected chi connectivity index (χ4v) is 0.393. The SMILES string of the molecule is COC(=O)[C@@H](O)C(C)C. The number of carbonyl (C=O) groups excluding carboxylic acids is 1. The third-order valence-corrected chi connectivity index (χ3v) is 1.07. The Balaban J connectivity index is 3.72. The van der Waals surface area contributed by atoms with Crippen LogP contribution >= 0.6 is 0 Å². The first kappa shape index (κ1) is 8.43. The first-order valence-corrected chi connectivity index (χ1v) is 2.85. The van der Waals surface area contributed by atoms with Crippen molar-refractivity contribution in [3.05, 3.63) is 0 Å². The van der Waals surface area contributed by atoms with E-state index in [1.165, 1.54) is 7.11 Å². The predicted octanol–water partition coefficient (Wildman–Crippen LogP) is 0.176. The maximum absolute atomic E-state index is 10.5. The molecule has 3 nitrogen and oxygen atoms in total. The van der Waals surface area contributed by atoms with Gasteiger partial charge in [0.2, 0.25) is 0 Å². The van der Waals surface area contributed by atoms with E-state index in [2.05, 4.69) is 4.74 Å². The van der Waals surface area contributed by atoms with E-state index < -0.39 is 12.1 Å². The van der Waals surface area contributed by atoms with Gasteiger partial charge in [-0.2, -0.15) is 0 Å². The Morgan fingerprint density at radius 1 is 1.56 bits per heavy atom. The van der Waals surface area contributed by atoms with E-state index in [1.807, 2.05) is 0 Å². The molecule has 0 aromatic rings. The minimum absolute atomic E-state index is 0.0718. The highest BCUT2D eigenvalue weighted by molar-refractivity contribution is 5.74. The molecular weight excluding hydrogens is 120 g/mol. The summed E-state index contributed by atoms with van der Waals surface area (Å²) in [5.74, 6) is -0.637. The van der Waals surface area contributed by atoms with Crippen molar-refractivity contribution in [3.63, 3.8) is 0 Å². The molecule has 0 saturated heterocycles. The maximum atomic E-state index is 10.5. The fourth-order valence-electron chi connectivity index (χ4n) is 0.393. The molecule has 0 aromatic heterocycles. The van der Waals surface area contributed by atoms with Crippen LogP contribution in [0.15, 0.2) is 0 Å². The van der Waals surface area contributed by atoms with Crippen LogP contribution in [0.25, 0.3) is 0 Å². The topological polar surface area (TPSA) is 46.5 Å². The van der Waals surface area contributed by atoms with E-state index in [1.54, 1.807) is 13.8 Å². The Bertz CT molecular complexity index is 98.5. The minimum Gasteiger partial charge on any atom is -0.467 e. The van der Waals surface area contributed by atoms with Crippen molar-refractivity contribution >= 4 is 5.97 Å². The minimum atomic E-state index is -0.977. The number of ether oxygens (including phenoxy) is 1. The molecule has 0 heterocycles. The summed E-state index contributed by atoms with van der Waals surface area (Å²) in [5, 5.41) is 8.92. The van der Waals surface area contributed by atoms with E-state index in [0.29, 0.717) is 0 Å². The predicted molar refractivity (Wildman–Crippen MR) is 32.9 cm³/mol. The molecular formula is C6H12O3. The van der Waals surface area contributed by atoms with Crippen LogP contribution in [0.4, 0.5) is 0 Å². The molecule has 0 aliphatic rings. The third-order valence-electron chi connectivity index (χ3n) is 1.07. The van der Waals surface area contributed by atoms with E-state index >= 15 is 0 Å². The molecule has 0 amide bonds. The van der Waals surface area contributed by atoms with E-state index in [0.717, 1.165) is 0 Å². The van der Waals surface area contributed by atoms with Gasteiger partial charge in [-0.15, -0.1) is 0 Å². The van der Waals surface area contributed by atoms with Crippen molar-refractivity contribution in [2.24, 2.45) is 5.92 Å². The van der Waals surface area contributed by atoms with Gasteiger partial charge in [0.1, 0.15) is 0 Å². The van der Waals surface area contributed by atoms with Crippen LogP contribution < -0.4 is 0 Å². The van der Waals surface area contributed by atoms with Gasteiger partial charge in [-0.25, -0.2) is 4.79 Å². The van der Waals surface area contributed by atoms with Gasteiger partial charge in [0.25, 0.3) is 0 Å². The molecule has 0 fully saturated rings. The second-order valence-electron chi connectivity index (χ2n) is 2.21. The zero-order valence-electron chi connectivity index (χ0n) is 5.92. The Labute approximate surface area is 54.6 Å². The molecule has 0 aromatic carbocycles. The highest BCUT2D eigenvalue weighted by Gasteiger charge is 2.18. The zero-order chi connectivity index (χ0) is 7.44. The van der Waals surface area contributed by atoms with E-state index in [9.17, 15) is 4.79 Å². The van der Waals surface area contributed by atoms with Crippen LogP contribution in [0.2, 0.25) is 0 Å². The molecule has 0 aliphatic heterocycles. The largest absolute Gasteiger partial charge is 0.467 e. The summed E-state index contributed by atoms with van der Waals surface area (Å²) >= 11 is 0. The summed E-state index contributed by atoms with van der Waals surface area (Å²) in [6.07, 6.45) is -0.977. The molecule has 0 radical (unpaired) electrons. The highest BCUT2D eigenvalue weighted by Crippen LogP contribution is 2.01. The third kappa shape index (κ3) is 2.46. The van der Waals surface area contributed by atoms with Crippen molar-refractivity contribution in [2.45, 2.75) is 20.0 Å². The van der Waals surface area contributed by atoms with Gasteiger partial charge in [-0.1, -0.05) is 13.8 Å². The molecule has 0 saturated carbocycles. The summed E-state index contributed by atoms with van der Waals surface area (Å²) in [7, 11) is 1.26. The Morgan fingerprint density at radius 2 is 2.00 bits per heavy atom. The van der Waals surface area contributed by atoms with Gasteiger partial charge in [0.05, 0.1) is 7.11 Å². The van der Waals surface area contributed by atoms with Crippen LogP contribution in [0.1, 0.15) is 13.8 Å². The molecule has 1 N–H and O–H groups in total. The summed E-state index contributed by atoms with van der Waals surface area (Å²) in [6, 6.07) is 0. The fraction of sp³-hybridized carbons (Fsp3) is 0.833. The standard InChI is InChI=1S/C6H12O3/c1-4(2)5(7)6(8)9-3/h4-5,7H,1-3H3/t5-/m0/s1. The van der Waals surface area contributed by atoms with Gasteiger partial charge in [-0.05, 0) is 5.92 Å². The second kappa shape index (κ2) is 3.45. The lowest BCUT2D eigenvalue weighted by atomic mass is 10.1. The summed E-state index contributed by atoms with van der Waals surface area (Å²) in [6.45, 7) is 3.50. The number of carbonyl (C=O) groups is 1. The molecule has 0 rings (SSSR count). The summed E-state index contributed by atoms with van der Waals surface area (Å²) < 4.78 is 4.28. The van der Waals surface area contributed by atoms with E-state index in [-0.39, 0.29) is 5.92 Å². The summed E-state index contributed by atoms with van der Waals surface area (Å²) in [5.41, 5.74) is 0. The van der Waals surface area contributed by atoms with Crippen LogP contribution in [-0.4, -0.2) is 24.3 Å². The molecule has 0 aliphatic carbocycles. The Hall–Kier alpha value is -0.570. The van der Waals surface area contributed by atoms with Gasteiger partial charge < -0.3 is 9.84 Å².